The maximum atomic E-state index is 13.0. The van der Waals surface area contributed by atoms with Gasteiger partial charge in [0.15, 0.2) is 5.78 Å². The summed E-state index contributed by atoms with van der Waals surface area (Å²) in [5, 5.41) is 3.11. The highest BCUT2D eigenvalue weighted by Crippen LogP contribution is 2.19. The van der Waals surface area contributed by atoms with E-state index in [1.165, 1.54) is 12.1 Å². The van der Waals surface area contributed by atoms with Gasteiger partial charge in [-0.25, -0.2) is 4.39 Å². The molecule has 0 atom stereocenters. The first-order chi connectivity index (χ1) is 9.56. The van der Waals surface area contributed by atoms with E-state index in [0.29, 0.717) is 24.2 Å². The van der Waals surface area contributed by atoms with E-state index in [2.05, 4.69) is 21.2 Å². The second-order valence-electron chi connectivity index (χ2n) is 4.24. The van der Waals surface area contributed by atoms with Gasteiger partial charge >= 0.3 is 0 Å². The fourth-order valence-corrected chi connectivity index (χ4v) is 2.15. The fourth-order valence-electron chi connectivity index (χ4n) is 1.71. The van der Waals surface area contributed by atoms with Crippen molar-refractivity contribution >= 4 is 39.0 Å². The minimum atomic E-state index is -0.455. The van der Waals surface area contributed by atoms with Crippen molar-refractivity contribution in [1.29, 1.82) is 0 Å². The SMILES string of the molecule is O=C(CCNc1ccc(F)c(Cl)c1)c1ccc(Br)cc1. The Hall–Kier alpha value is -1.39. The molecule has 0 saturated heterocycles. The van der Waals surface area contributed by atoms with Gasteiger partial charge < -0.3 is 5.32 Å². The van der Waals surface area contributed by atoms with Crippen molar-refractivity contribution < 1.29 is 9.18 Å². The predicted molar refractivity (Wildman–Crippen MR) is 83.0 cm³/mol. The number of Topliss-reactive ketones (excluding diaryl/α,β-unsaturated/α-hetero) is 1. The first-order valence-electron chi connectivity index (χ1n) is 6.04. The molecule has 2 aromatic rings. The Morgan fingerprint density at radius 1 is 1.20 bits per heavy atom. The highest BCUT2D eigenvalue weighted by Gasteiger charge is 2.06. The van der Waals surface area contributed by atoms with Crippen molar-refractivity contribution in [3.8, 4) is 0 Å². The van der Waals surface area contributed by atoms with Gasteiger partial charge in [-0.3, -0.25) is 4.79 Å². The Morgan fingerprint density at radius 3 is 2.55 bits per heavy atom. The predicted octanol–water partition coefficient (Wildman–Crippen LogP) is 4.93. The lowest BCUT2D eigenvalue weighted by atomic mass is 10.1. The molecule has 20 heavy (non-hydrogen) atoms. The van der Waals surface area contributed by atoms with Crippen LogP contribution in [0.15, 0.2) is 46.9 Å². The Morgan fingerprint density at radius 2 is 1.90 bits per heavy atom. The number of hydrogen-bond acceptors (Lipinski definition) is 2. The van der Waals surface area contributed by atoms with Crippen LogP contribution in [0.2, 0.25) is 5.02 Å². The van der Waals surface area contributed by atoms with E-state index in [4.69, 9.17) is 11.6 Å². The Kier molecular flexibility index (Phi) is 5.15. The zero-order valence-corrected chi connectivity index (χ0v) is 12.8. The lowest BCUT2D eigenvalue weighted by Gasteiger charge is -2.07. The number of benzene rings is 2. The molecule has 2 nitrogen and oxygen atoms in total. The van der Waals surface area contributed by atoms with E-state index >= 15 is 0 Å². The molecule has 5 heteroatoms. The molecular formula is C15H12BrClFNO. The Bertz CT molecular complexity index is 616. The van der Waals surface area contributed by atoms with Crippen LogP contribution in [0.3, 0.4) is 0 Å². The largest absolute Gasteiger partial charge is 0.385 e. The molecular weight excluding hydrogens is 345 g/mol. The van der Waals surface area contributed by atoms with Crippen LogP contribution < -0.4 is 5.32 Å². The molecule has 0 amide bonds. The number of carbonyl (C=O) groups is 1. The number of halogens is 3. The monoisotopic (exact) mass is 355 g/mol. The van der Waals surface area contributed by atoms with E-state index in [0.717, 1.165) is 4.47 Å². The summed E-state index contributed by atoms with van der Waals surface area (Å²) in [5.74, 6) is -0.402. The van der Waals surface area contributed by atoms with E-state index in [1.54, 1.807) is 18.2 Å². The van der Waals surface area contributed by atoms with Crippen LogP contribution in [0.1, 0.15) is 16.8 Å². The number of anilines is 1. The van der Waals surface area contributed by atoms with E-state index in [9.17, 15) is 9.18 Å². The molecule has 0 fully saturated rings. The lowest BCUT2D eigenvalue weighted by Crippen LogP contribution is -2.08. The summed E-state index contributed by atoms with van der Waals surface area (Å²) >= 11 is 9.00. The van der Waals surface area contributed by atoms with Gasteiger partial charge in [-0.2, -0.15) is 0 Å². The van der Waals surface area contributed by atoms with E-state index in [-0.39, 0.29) is 10.8 Å². The van der Waals surface area contributed by atoms with Gasteiger partial charge in [-0.1, -0.05) is 39.7 Å². The van der Waals surface area contributed by atoms with E-state index in [1.807, 2.05) is 12.1 Å². The maximum Gasteiger partial charge on any atom is 0.164 e. The molecule has 2 aromatic carbocycles. The van der Waals surface area contributed by atoms with Gasteiger partial charge in [0, 0.05) is 28.7 Å². The number of rotatable bonds is 5. The van der Waals surface area contributed by atoms with Crippen molar-refractivity contribution in [2.45, 2.75) is 6.42 Å². The van der Waals surface area contributed by atoms with Gasteiger partial charge in [0.1, 0.15) is 5.82 Å². The van der Waals surface area contributed by atoms with Crippen LogP contribution >= 0.6 is 27.5 Å². The summed E-state index contributed by atoms with van der Waals surface area (Å²) in [6, 6.07) is 11.6. The molecule has 0 saturated carbocycles. The number of carbonyl (C=O) groups excluding carboxylic acids is 1. The summed E-state index contributed by atoms with van der Waals surface area (Å²) in [4.78, 5) is 11.9. The van der Waals surface area contributed by atoms with E-state index < -0.39 is 5.82 Å². The lowest BCUT2D eigenvalue weighted by molar-refractivity contribution is 0.0986. The van der Waals surface area contributed by atoms with Gasteiger partial charge in [-0.15, -0.1) is 0 Å². The molecule has 0 aliphatic carbocycles. The van der Waals surface area contributed by atoms with Crippen LogP contribution in [0, 0.1) is 5.82 Å². The minimum absolute atomic E-state index is 0.0539. The summed E-state index contributed by atoms with van der Waals surface area (Å²) in [5.41, 5.74) is 1.37. The number of hydrogen-bond donors (Lipinski definition) is 1. The van der Waals surface area contributed by atoms with Gasteiger partial charge in [0.05, 0.1) is 5.02 Å². The molecule has 104 valence electrons. The Labute approximate surface area is 130 Å². The third kappa shape index (κ3) is 4.05. The maximum absolute atomic E-state index is 13.0. The molecule has 0 aliphatic rings. The smallest absolute Gasteiger partial charge is 0.164 e. The van der Waals surface area contributed by atoms with Crippen molar-refractivity contribution in [3.63, 3.8) is 0 Å². The second-order valence-corrected chi connectivity index (χ2v) is 5.56. The Balaban J connectivity index is 1.87. The molecule has 1 N–H and O–H groups in total. The molecule has 0 aromatic heterocycles. The first kappa shape index (κ1) is 15.0. The average Bonchev–Trinajstić information content (AvgIpc) is 2.43. The second kappa shape index (κ2) is 6.86. The van der Waals surface area contributed by atoms with Crippen molar-refractivity contribution in [1.82, 2.24) is 0 Å². The third-order valence-electron chi connectivity index (χ3n) is 2.77. The summed E-state index contributed by atoms with van der Waals surface area (Å²) in [6.45, 7) is 0.469. The van der Waals surface area contributed by atoms with Crippen LogP contribution in [0.5, 0.6) is 0 Å². The molecule has 0 unspecified atom stereocenters. The average molecular weight is 357 g/mol. The zero-order valence-electron chi connectivity index (χ0n) is 10.5. The number of ketones is 1. The van der Waals surface area contributed by atoms with Crippen molar-refractivity contribution in [2.75, 3.05) is 11.9 Å². The summed E-state index contributed by atoms with van der Waals surface area (Å²) < 4.78 is 13.9. The molecule has 0 spiro atoms. The molecule has 2 rings (SSSR count). The molecule has 0 bridgehead atoms. The molecule has 0 radical (unpaired) electrons. The molecule has 0 heterocycles. The quantitative estimate of drug-likeness (QED) is 0.770. The molecule has 0 aliphatic heterocycles. The van der Waals surface area contributed by atoms with Crippen LogP contribution in [0.4, 0.5) is 10.1 Å². The fraction of sp³-hybridized carbons (Fsp3) is 0.133. The topological polar surface area (TPSA) is 29.1 Å². The summed E-state index contributed by atoms with van der Waals surface area (Å²) in [6.07, 6.45) is 0.358. The highest BCUT2D eigenvalue weighted by molar-refractivity contribution is 9.10. The first-order valence-corrected chi connectivity index (χ1v) is 7.21. The minimum Gasteiger partial charge on any atom is -0.385 e. The normalized spacial score (nSPS) is 10.3. The number of nitrogens with one attached hydrogen (secondary N) is 1. The van der Waals surface area contributed by atoms with Gasteiger partial charge in [0.25, 0.3) is 0 Å². The highest BCUT2D eigenvalue weighted by atomic mass is 79.9. The van der Waals surface area contributed by atoms with Crippen molar-refractivity contribution in [2.24, 2.45) is 0 Å². The van der Waals surface area contributed by atoms with Gasteiger partial charge in [0.2, 0.25) is 0 Å². The van der Waals surface area contributed by atoms with Gasteiger partial charge in [-0.05, 0) is 30.3 Å². The third-order valence-corrected chi connectivity index (χ3v) is 3.59. The standard InChI is InChI=1S/C15H12BrClFNO/c16-11-3-1-10(2-4-11)15(20)7-8-19-12-5-6-14(18)13(17)9-12/h1-6,9,19H,7-8H2. The van der Waals surface area contributed by atoms with Crippen molar-refractivity contribution in [3.05, 3.63) is 63.3 Å². The summed E-state index contributed by atoms with van der Waals surface area (Å²) in [7, 11) is 0. The van der Waals surface area contributed by atoms with Crippen LogP contribution in [0.25, 0.3) is 0 Å². The zero-order chi connectivity index (χ0) is 14.5. The van der Waals surface area contributed by atoms with Crippen LogP contribution in [-0.2, 0) is 0 Å². The van der Waals surface area contributed by atoms with Crippen LogP contribution in [-0.4, -0.2) is 12.3 Å².